The summed E-state index contributed by atoms with van der Waals surface area (Å²) in [7, 11) is 0. The molecular formula is C13H11F5N2O. The second kappa shape index (κ2) is 6.11. The molecule has 0 bridgehead atoms. The monoisotopic (exact) mass is 306 g/mol. The Morgan fingerprint density at radius 1 is 1.05 bits per heavy atom. The number of halogens is 5. The van der Waals surface area contributed by atoms with E-state index in [0.29, 0.717) is 0 Å². The van der Waals surface area contributed by atoms with E-state index in [2.05, 4.69) is 0 Å². The summed E-state index contributed by atoms with van der Waals surface area (Å²) in [4.78, 5) is 11.5. The van der Waals surface area contributed by atoms with Crippen molar-refractivity contribution in [2.75, 3.05) is 5.43 Å². The van der Waals surface area contributed by atoms with Crippen LogP contribution in [0.1, 0.15) is 19.3 Å². The molecule has 0 spiro atoms. The molecule has 114 valence electrons. The minimum absolute atomic E-state index is 0.00295. The molecule has 0 saturated heterocycles. The van der Waals surface area contributed by atoms with Crippen LogP contribution in [-0.4, -0.2) is 5.91 Å². The minimum atomic E-state index is -2.25. The molecule has 0 fully saturated rings. The predicted octanol–water partition coefficient (Wildman–Crippen LogP) is 3.18. The number of amides is 1. The standard InChI is InChI=1S/C13H11F5N2O/c14-8-9(15)11(17)13(12(18)10(8)16)20-19-7(21)5-6-3-1-2-4-6/h1,3,6,20H,2,4-5H2,(H,19,21)/t6-/m0/s1. The molecule has 0 aromatic heterocycles. The maximum absolute atomic E-state index is 13.3. The Labute approximate surface area is 116 Å². The average Bonchev–Trinajstić information content (AvgIpc) is 2.96. The summed E-state index contributed by atoms with van der Waals surface area (Å²) < 4.78 is 65.3. The molecule has 2 rings (SSSR count). The zero-order chi connectivity index (χ0) is 15.6. The van der Waals surface area contributed by atoms with E-state index in [-0.39, 0.29) is 12.3 Å². The second-order valence-electron chi connectivity index (χ2n) is 4.59. The van der Waals surface area contributed by atoms with E-state index < -0.39 is 40.7 Å². The Hall–Kier alpha value is -2.12. The lowest BCUT2D eigenvalue weighted by molar-refractivity contribution is -0.121. The van der Waals surface area contributed by atoms with Gasteiger partial charge in [0.1, 0.15) is 5.69 Å². The molecule has 0 heterocycles. The van der Waals surface area contributed by atoms with Crippen LogP contribution < -0.4 is 10.9 Å². The van der Waals surface area contributed by atoms with Gasteiger partial charge >= 0.3 is 0 Å². The van der Waals surface area contributed by atoms with Gasteiger partial charge in [-0.25, -0.2) is 22.0 Å². The van der Waals surface area contributed by atoms with Crippen molar-refractivity contribution in [3.8, 4) is 0 Å². The van der Waals surface area contributed by atoms with Crippen molar-refractivity contribution in [1.29, 1.82) is 0 Å². The summed E-state index contributed by atoms with van der Waals surface area (Å²) in [6.07, 6.45) is 5.39. The SMILES string of the molecule is O=C(C[C@H]1C=CCC1)NNc1c(F)c(F)c(F)c(F)c1F. The molecular weight excluding hydrogens is 295 g/mol. The smallest absolute Gasteiger partial charge is 0.238 e. The van der Waals surface area contributed by atoms with E-state index >= 15 is 0 Å². The van der Waals surface area contributed by atoms with Crippen LogP contribution in [0.15, 0.2) is 12.2 Å². The topological polar surface area (TPSA) is 41.1 Å². The highest BCUT2D eigenvalue weighted by Crippen LogP contribution is 2.26. The number of rotatable bonds is 4. The first-order valence-corrected chi connectivity index (χ1v) is 6.14. The summed E-state index contributed by atoms with van der Waals surface area (Å²) in [5, 5.41) is 0. The Bertz CT molecular complexity index is 574. The Morgan fingerprint density at radius 2 is 1.62 bits per heavy atom. The van der Waals surface area contributed by atoms with Crippen LogP contribution in [0, 0.1) is 35.0 Å². The van der Waals surface area contributed by atoms with Crippen molar-refractivity contribution < 1.29 is 26.7 Å². The second-order valence-corrected chi connectivity index (χ2v) is 4.59. The third-order valence-electron chi connectivity index (χ3n) is 3.10. The maximum Gasteiger partial charge on any atom is 0.238 e. The van der Waals surface area contributed by atoms with E-state index in [1.807, 2.05) is 17.6 Å². The van der Waals surface area contributed by atoms with Crippen LogP contribution in [0.25, 0.3) is 0 Å². The summed E-state index contributed by atoms with van der Waals surface area (Å²) >= 11 is 0. The van der Waals surface area contributed by atoms with Crippen LogP contribution in [-0.2, 0) is 4.79 Å². The lowest BCUT2D eigenvalue weighted by Gasteiger charge is -2.13. The van der Waals surface area contributed by atoms with Crippen LogP contribution in [0.5, 0.6) is 0 Å². The number of allylic oxidation sites excluding steroid dienone is 2. The number of hydrazine groups is 1. The van der Waals surface area contributed by atoms with Gasteiger partial charge in [-0.1, -0.05) is 12.2 Å². The molecule has 1 aromatic rings. The molecule has 0 aliphatic heterocycles. The Balaban J connectivity index is 2.06. The third-order valence-corrected chi connectivity index (χ3v) is 3.10. The summed E-state index contributed by atoms with van der Waals surface area (Å²) in [5.41, 5.74) is 2.38. The quantitative estimate of drug-likeness (QED) is 0.295. The van der Waals surface area contributed by atoms with Gasteiger partial charge in [-0.3, -0.25) is 15.6 Å². The first-order valence-electron chi connectivity index (χ1n) is 6.14. The van der Waals surface area contributed by atoms with Gasteiger partial charge in [0.2, 0.25) is 11.7 Å². The fraction of sp³-hybridized carbons (Fsp3) is 0.308. The predicted molar refractivity (Wildman–Crippen MR) is 64.5 cm³/mol. The zero-order valence-corrected chi connectivity index (χ0v) is 10.7. The summed E-state index contributed by atoms with van der Waals surface area (Å²) in [6, 6.07) is 0. The number of hydrogen-bond donors (Lipinski definition) is 2. The highest BCUT2D eigenvalue weighted by Gasteiger charge is 2.26. The number of benzene rings is 1. The molecule has 8 heteroatoms. The fourth-order valence-corrected chi connectivity index (χ4v) is 2.00. The van der Waals surface area contributed by atoms with Crippen molar-refractivity contribution in [3.63, 3.8) is 0 Å². The highest BCUT2D eigenvalue weighted by atomic mass is 19.2. The number of carbonyl (C=O) groups is 1. The van der Waals surface area contributed by atoms with Crippen molar-refractivity contribution in [3.05, 3.63) is 41.2 Å². The van der Waals surface area contributed by atoms with Crippen molar-refractivity contribution in [2.45, 2.75) is 19.3 Å². The normalized spacial score (nSPS) is 17.1. The lowest BCUT2D eigenvalue weighted by Crippen LogP contribution is -2.31. The molecule has 1 aliphatic carbocycles. The van der Waals surface area contributed by atoms with Gasteiger partial charge in [0.15, 0.2) is 23.3 Å². The zero-order valence-electron chi connectivity index (χ0n) is 10.7. The molecule has 1 aromatic carbocycles. The van der Waals surface area contributed by atoms with Gasteiger partial charge in [-0.15, -0.1) is 0 Å². The van der Waals surface area contributed by atoms with E-state index in [0.717, 1.165) is 12.8 Å². The molecule has 1 atom stereocenters. The number of nitrogens with one attached hydrogen (secondary N) is 2. The maximum atomic E-state index is 13.3. The van der Waals surface area contributed by atoms with Gasteiger partial charge in [0.25, 0.3) is 0 Å². The molecule has 3 nitrogen and oxygen atoms in total. The third kappa shape index (κ3) is 3.14. The van der Waals surface area contributed by atoms with Gasteiger partial charge in [-0.2, -0.15) is 0 Å². The van der Waals surface area contributed by atoms with Crippen LogP contribution in [0.2, 0.25) is 0 Å². The first kappa shape index (κ1) is 15.3. The lowest BCUT2D eigenvalue weighted by atomic mass is 10.1. The molecule has 1 aliphatic rings. The number of hydrogen-bond acceptors (Lipinski definition) is 2. The molecule has 0 unspecified atom stereocenters. The summed E-state index contributed by atoms with van der Waals surface area (Å²) in [5.74, 6) is -11.1. The van der Waals surface area contributed by atoms with Crippen LogP contribution in [0.3, 0.4) is 0 Å². The number of carbonyl (C=O) groups excluding carboxylic acids is 1. The fourth-order valence-electron chi connectivity index (χ4n) is 2.00. The molecule has 21 heavy (non-hydrogen) atoms. The molecule has 2 N–H and O–H groups in total. The Morgan fingerprint density at radius 3 is 2.14 bits per heavy atom. The van der Waals surface area contributed by atoms with Crippen molar-refractivity contribution in [2.24, 2.45) is 5.92 Å². The van der Waals surface area contributed by atoms with Gasteiger partial charge in [0.05, 0.1) is 0 Å². The number of anilines is 1. The van der Waals surface area contributed by atoms with Crippen LogP contribution >= 0.6 is 0 Å². The highest BCUT2D eigenvalue weighted by molar-refractivity contribution is 5.78. The van der Waals surface area contributed by atoms with E-state index in [4.69, 9.17) is 0 Å². The largest absolute Gasteiger partial charge is 0.293 e. The molecule has 0 saturated carbocycles. The van der Waals surface area contributed by atoms with Gasteiger partial charge in [0, 0.05) is 6.42 Å². The Kier molecular flexibility index (Phi) is 4.44. The minimum Gasteiger partial charge on any atom is -0.293 e. The average molecular weight is 306 g/mol. The van der Waals surface area contributed by atoms with E-state index in [1.165, 1.54) is 0 Å². The van der Waals surface area contributed by atoms with E-state index in [9.17, 15) is 26.7 Å². The summed E-state index contributed by atoms with van der Waals surface area (Å²) in [6.45, 7) is 0. The van der Waals surface area contributed by atoms with Crippen LogP contribution in [0.4, 0.5) is 27.6 Å². The molecule has 0 radical (unpaired) electrons. The van der Waals surface area contributed by atoms with Gasteiger partial charge < -0.3 is 0 Å². The molecule has 1 amide bonds. The van der Waals surface area contributed by atoms with Crippen molar-refractivity contribution >= 4 is 11.6 Å². The van der Waals surface area contributed by atoms with E-state index in [1.54, 1.807) is 5.43 Å². The first-order chi connectivity index (χ1) is 9.91. The van der Waals surface area contributed by atoms with Gasteiger partial charge in [-0.05, 0) is 18.8 Å². The van der Waals surface area contributed by atoms with Crippen molar-refractivity contribution in [1.82, 2.24) is 5.43 Å².